The normalized spacial score (nSPS) is 30.0. The van der Waals surface area contributed by atoms with Gasteiger partial charge in [-0.3, -0.25) is 4.90 Å². The quantitative estimate of drug-likeness (QED) is 0.622. The zero-order chi connectivity index (χ0) is 9.90. The summed E-state index contributed by atoms with van der Waals surface area (Å²) < 4.78 is 5.40. The van der Waals surface area contributed by atoms with Gasteiger partial charge in [-0.25, -0.2) is 0 Å². The number of nitrogens with two attached hydrogens (primary N) is 1. The van der Waals surface area contributed by atoms with Crippen molar-refractivity contribution in [3.05, 3.63) is 0 Å². The fraction of sp³-hybridized carbons (Fsp3) is 1.00. The Kier molecular flexibility index (Phi) is 3.67. The Morgan fingerprint density at radius 2 is 2.38 bits per heavy atom. The summed E-state index contributed by atoms with van der Waals surface area (Å²) in [6, 6.07) is 0. The fourth-order valence-electron chi connectivity index (χ4n) is 1.58. The first kappa shape index (κ1) is 10.9. The van der Waals surface area contributed by atoms with Crippen molar-refractivity contribution >= 4 is 0 Å². The lowest BCUT2D eigenvalue weighted by molar-refractivity contribution is -0.0500. The highest BCUT2D eigenvalue weighted by atomic mass is 16.5. The highest BCUT2D eigenvalue weighted by Gasteiger charge is 2.25. The number of hydrogen-bond acceptors (Lipinski definition) is 4. The summed E-state index contributed by atoms with van der Waals surface area (Å²) in [5.41, 5.74) is 4.68. The van der Waals surface area contributed by atoms with Crippen LogP contribution in [0.15, 0.2) is 0 Å². The van der Waals surface area contributed by atoms with E-state index in [1.54, 1.807) is 6.92 Å². The van der Waals surface area contributed by atoms with E-state index >= 15 is 0 Å². The minimum absolute atomic E-state index is 0.266. The van der Waals surface area contributed by atoms with Crippen LogP contribution in [-0.4, -0.2) is 54.5 Å². The first-order valence-electron chi connectivity index (χ1n) is 4.80. The van der Waals surface area contributed by atoms with Gasteiger partial charge in [0.05, 0.1) is 18.3 Å². The van der Waals surface area contributed by atoms with Crippen LogP contribution in [-0.2, 0) is 4.74 Å². The van der Waals surface area contributed by atoms with E-state index < -0.39 is 5.60 Å². The Morgan fingerprint density at radius 3 is 2.92 bits per heavy atom. The van der Waals surface area contributed by atoms with Crippen molar-refractivity contribution in [2.75, 3.05) is 32.8 Å². The van der Waals surface area contributed by atoms with Gasteiger partial charge in [-0.05, 0) is 13.8 Å². The van der Waals surface area contributed by atoms with Crippen LogP contribution in [0.1, 0.15) is 13.8 Å². The summed E-state index contributed by atoms with van der Waals surface area (Å²) in [7, 11) is 0. The van der Waals surface area contributed by atoms with Crippen molar-refractivity contribution in [2.24, 2.45) is 5.73 Å². The Bertz CT molecular complexity index is 162. The molecular weight excluding hydrogens is 168 g/mol. The van der Waals surface area contributed by atoms with E-state index in [4.69, 9.17) is 10.5 Å². The van der Waals surface area contributed by atoms with Gasteiger partial charge < -0.3 is 15.6 Å². The predicted octanol–water partition coefficient (Wildman–Crippen LogP) is -0.583. The van der Waals surface area contributed by atoms with Gasteiger partial charge in [0.25, 0.3) is 0 Å². The van der Waals surface area contributed by atoms with Crippen molar-refractivity contribution in [1.29, 1.82) is 0 Å². The second-order valence-electron chi connectivity index (χ2n) is 4.12. The molecule has 0 aliphatic carbocycles. The predicted molar refractivity (Wildman–Crippen MR) is 51.5 cm³/mol. The maximum atomic E-state index is 9.75. The summed E-state index contributed by atoms with van der Waals surface area (Å²) in [6.45, 7) is 7.28. The minimum atomic E-state index is -0.767. The third-order valence-electron chi connectivity index (χ3n) is 2.33. The third-order valence-corrected chi connectivity index (χ3v) is 2.33. The van der Waals surface area contributed by atoms with Gasteiger partial charge >= 0.3 is 0 Å². The minimum Gasteiger partial charge on any atom is -0.388 e. The monoisotopic (exact) mass is 188 g/mol. The van der Waals surface area contributed by atoms with Gasteiger partial charge in [0, 0.05) is 26.2 Å². The van der Waals surface area contributed by atoms with Crippen LogP contribution in [0.3, 0.4) is 0 Å². The Hall–Kier alpha value is -0.160. The molecule has 2 atom stereocenters. The molecule has 0 aromatic heterocycles. The smallest absolute Gasteiger partial charge is 0.0867 e. The summed E-state index contributed by atoms with van der Waals surface area (Å²) >= 11 is 0. The Balaban J connectivity index is 2.35. The molecule has 0 saturated carbocycles. The molecule has 4 heteroatoms. The number of morpholine rings is 1. The second kappa shape index (κ2) is 4.37. The number of hydrogen-bond donors (Lipinski definition) is 2. The molecule has 1 fully saturated rings. The Labute approximate surface area is 79.7 Å². The van der Waals surface area contributed by atoms with E-state index in [1.807, 2.05) is 6.92 Å². The van der Waals surface area contributed by atoms with Crippen LogP contribution < -0.4 is 5.73 Å². The number of β-amino-alcohol motifs (C(OH)–C–C–N with tert-alkyl or cyclic N) is 1. The van der Waals surface area contributed by atoms with E-state index in [1.165, 1.54) is 0 Å². The lowest BCUT2D eigenvalue weighted by Gasteiger charge is -2.35. The van der Waals surface area contributed by atoms with Gasteiger partial charge in [-0.15, -0.1) is 0 Å². The SMILES string of the molecule is CC1CN(CC(C)(O)CN)CCO1. The van der Waals surface area contributed by atoms with Gasteiger partial charge in [0.2, 0.25) is 0 Å². The fourth-order valence-corrected chi connectivity index (χ4v) is 1.58. The van der Waals surface area contributed by atoms with Crippen LogP contribution in [0.5, 0.6) is 0 Å². The standard InChI is InChI=1S/C9H20N2O2/c1-8-5-11(3-4-13-8)7-9(2,12)6-10/h8,12H,3-7,10H2,1-2H3. The average Bonchev–Trinajstić information content (AvgIpc) is 2.03. The van der Waals surface area contributed by atoms with Crippen molar-refractivity contribution in [2.45, 2.75) is 25.6 Å². The van der Waals surface area contributed by atoms with Crippen LogP contribution >= 0.6 is 0 Å². The molecule has 0 aromatic carbocycles. The van der Waals surface area contributed by atoms with E-state index in [0.717, 1.165) is 19.7 Å². The molecule has 1 rings (SSSR count). The molecule has 0 aromatic rings. The molecule has 1 aliphatic rings. The molecule has 0 amide bonds. The van der Waals surface area contributed by atoms with Crippen molar-refractivity contribution < 1.29 is 9.84 Å². The molecule has 0 spiro atoms. The zero-order valence-corrected chi connectivity index (χ0v) is 8.49. The van der Waals surface area contributed by atoms with Gasteiger partial charge in [-0.1, -0.05) is 0 Å². The van der Waals surface area contributed by atoms with Gasteiger partial charge in [-0.2, -0.15) is 0 Å². The number of nitrogens with zero attached hydrogens (tertiary/aromatic N) is 1. The molecule has 1 saturated heterocycles. The number of rotatable bonds is 3. The van der Waals surface area contributed by atoms with Crippen LogP contribution in [0.4, 0.5) is 0 Å². The topological polar surface area (TPSA) is 58.7 Å². The van der Waals surface area contributed by atoms with E-state index in [9.17, 15) is 5.11 Å². The number of aliphatic hydroxyl groups is 1. The zero-order valence-electron chi connectivity index (χ0n) is 8.49. The Morgan fingerprint density at radius 1 is 1.69 bits per heavy atom. The highest BCUT2D eigenvalue weighted by molar-refractivity contribution is 4.80. The first-order valence-corrected chi connectivity index (χ1v) is 4.80. The van der Waals surface area contributed by atoms with Gasteiger partial charge in [0.15, 0.2) is 0 Å². The highest BCUT2D eigenvalue weighted by Crippen LogP contribution is 2.09. The molecule has 0 radical (unpaired) electrons. The molecule has 3 N–H and O–H groups in total. The molecule has 2 unspecified atom stereocenters. The maximum Gasteiger partial charge on any atom is 0.0867 e. The molecule has 13 heavy (non-hydrogen) atoms. The summed E-state index contributed by atoms with van der Waals surface area (Å²) in [6.07, 6.45) is 0.266. The summed E-state index contributed by atoms with van der Waals surface area (Å²) in [5.74, 6) is 0. The van der Waals surface area contributed by atoms with E-state index in [0.29, 0.717) is 13.1 Å². The molecular formula is C9H20N2O2. The van der Waals surface area contributed by atoms with Crippen molar-refractivity contribution in [1.82, 2.24) is 4.90 Å². The maximum absolute atomic E-state index is 9.75. The molecule has 1 aliphatic heterocycles. The molecule has 0 bridgehead atoms. The number of ether oxygens (including phenoxy) is 1. The molecule has 1 heterocycles. The summed E-state index contributed by atoms with van der Waals surface area (Å²) in [4.78, 5) is 2.20. The first-order chi connectivity index (χ1) is 6.03. The van der Waals surface area contributed by atoms with Crippen molar-refractivity contribution in [3.63, 3.8) is 0 Å². The van der Waals surface area contributed by atoms with Gasteiger partial charge in [0.1, 0.15) is 0 Å². The largest absolute Gasteiger partial charge is 0.388 e. The van der Waals surface area contributed by atoms with E-state index in [2.05, 4.69) is 4.90 Å². The molecule has 4 nitrogen and oxygen atoms in total. The third kappa shape index (κ3) is 3.60. The van der Waals surface area contributed by atoms with Crippen LogP contribution in [0.25, 0.3) is 0 Å². The molecule has 78 valence electrons. The average molecular weight is 188 g/mol. The second-order valence-corrected chi connectivity index (χ2v) is 4.12. The lowest BCUT2D eigenvalue weighted by atomic mass is 10.1. The van der Waals surface area contributed by atoms with E-state index in [-0.39, 0.29) is 6.10 Å². The summed E-state index contributed by atoms with van der Waals surface area (Å²) in [5, 5.41) is 9.75. The van der Waals surface area contributed by atoms with Crippen LogP contribution in [0, 0.1) is 0 Å². The van der Waals surface area contributed by atoms with Crippen molar-refractivity contribution in [3.8, 4) is 0 Å². The van der Waals surface area contributed by atoms with Crippen LogP contribution in [0.2, 0.25) is 0 Å². The lowest BCUT2D eigenvalue weighted by Crippen LogP contribution is -2.51.